The van der Waals surface area contributed by atoms with Gasteiger partial charge in [-0.25, -0.2) is 9.18 Å². The molecule has 1 saturated heterocycles. The first-order valence-electron chi connectivity index (χ1n) is 10.9. The Bertz CT molecular complexity index is 1180. The largest absolute Gasteiger partial charge is 0.497 e. The molecule has 1 N–H and O–H groups in total. The number of methoxy groups -OCH3 is 2. The molecule has 0 radical (unpaired) electrons. The monoisotopic (exact) mass is 463 g/mol. The lowest BCUT2D eigenvalue weighted by molar-refractivity contribution is 0.102. The lowest BCUT2D eigenvalue weighted by Crippen LogP contribution is -2.49. The van der Waals surface area contributed by atoms with Gasteiger partial charge in [-0.2, -0.15) is 0 Å². The van der Waals surface area contributed by atoms with Gasteiger partial charge < -0.3 is 19.7 Å². The summed E-state index contributed by atoms with van der Waals surface area (Å²) < 4.78 is 24.6. The highest BCUT2D eigenvalue weighted by molar-refractivity contribution is 6.05. The smallest absolute Gasteiger partial charge is 0.324 e. The Morgan fingerprint density at radius 2 is 1.71 bits per heavy atom. The van der Waals surface area contributed by atoms with Crippen LogP contribution in [-0.4, -0.2) is 44.1 Å². The fourth-order valence-electron chi connectivity index (χ4n) is 3.94. The van der Waals surface area contributed by atoms with Crippen LogP contribution in [0.4, 0.5) is 20.6 Å². The molecule has 1 heterocycles. The van der Waals surface area contributed by atoms with E-state index < -0.39 is 11.7 Å². The number of nitrogens with zero attached hydrogens (tertiary/aromatic N) is 2. The van der Waals surface area contributed by atoms with Crippen LogP contribution in [-0.2, 0) is 6.54 Å². The van der Waals surface area contributed by atoms with Crippen LogP contribution in [0.15, 0.2) is 66.7 Å². The van der Waals surface area contributed by atoms with Gasteiger partial charge in [0.1, 0.15) is 17.3 Å². The predicted octanol–water partition coefficient (Wildman–Crippen LogP) is 4.93. The third kappa shape index (κ3) is 5.11. The molecule has 176 valence electrons. The van der Waals surface area contributed by atoms with E-state index in [1.807, 2.05) is 18.2 Å². The van der Waals surface area contributed by atoms with E-state index in [2.05, 4.69) is 5.32 Å². The Morgan fingerprint density at radius 3 is 2.41 bits per heavy atom. The fraction of sp³-hybridized carbons (Fsp3) is 0.231. The van der Waals surface area contributed by atoms with E-state index >= 15 is 0 Å². The molecule has 0 bridgehead atoms. The van der Waals surface area contributed by atoms with Gasteiger partial charge in [-0.3, -0.25) is 9.69 Å². The molecule has 0 aromatic heterocycles. The molecule has 1 aliphatic heterocycles. The van der Waals surface area contributed by atoms with Gasteiger partial charge >= 0.3 is 6.03 Å². The molecule has 3 amide bonds. The minimum atomic E-state index is -0.591. The van der Waals surface area contributed by atoms with Gasteiger partial charge in [0.05, 0.1) is 19.8 Å². The summed E-state index contributed by atoms with van der Waals surface area (Å²) in [7, 11) is 3.18. The summed E-state index contributed by atoms with van der Waals surface area (Å²) in [6, 6.07) is 18.2. The van der Waals surface area contributed by atoms with Crippen molar-refractivity contribution in [2.75, 3.05) is 37.5 Å². The van der Waals surface area contributed by atoms with Gasteiger partial charge in [-0.05, 0) is 54.4 Å². The van der Waals surface area contributed by atoms with Crippen molar-refractivity contribution in [3.8, 4) is 11.5 Å². The van der Waals surface area contributed by atoms with Gasteiger partial charge in [0, 0.05) is 37.1 Å². The summed E-state index contributed by atoms with van der Waals surface area (Å²) in [5, 5.41) is 2.71. The second kappa shape index (κ2) is 10.2. The van der Waals surface area contributed by atoms with Crippen molar-refractivity contribution >= 4 is 23.3 Å². The molecule has 8 heteroatoms. The summed E-state index contributed by atoms with van der Waals surface area (Å²) >= 11 is 0. The van der Waals surface area contributed by atoms with Crippen molar-refractivity contribution in [1.29, 1.82) is 0 Å². The average Bonchev–Trinajstić information content (AvgIpc) is 2.85. The van der Waals surface area contributed by atoms with Crippen LogP contribution in [0.1, 0.15) is 22.3 Å². The van der Waals surface area contributed by atoms with E-state index in [0.717, 1.165) is 12.0 Å². The first-order chi connectivity index (χ1) is 16.5. The average molecular weight is 464 g/mol. The van der Waals surface area contributed by atoms with Crippen LogP contribution in [0, 0.1) is 5.82 Å². The number of hydrogen-bond acceptors (Lipinski definition) is 4. The van der Waals surface area contributed by atoms with Crippen molar-refractivity contribution < 1.29 is 23.5 Å². The highest BCUT2D eigenvalue weighted by atomic mass is 19.1. The van der Waals surface area contributed by atoms with E-state index in [-0.39, 0.29) is 11.6 Å². The maximum Gasteiger partial charge on any atom is 0.324 e. The molecular formula is C26H26FN3O4. The van der Waals surface area contributed by atoms with Gasteiger partial charge in [0.2, 0.25) is 0 Å². The highest BCUT2D eigenvalue weighted by Gasteiger charge is 2.27. The number of carbonyl (C=O) groups is 2. The Kier molecular flexibility index (Phi) is 6.96. The maximum atomic E-state index is 13.9. The molecule has 0 atom stereocenters. The van der Waals surface area contributed by atoms with E-state index in [0.29, 0.717) is 42.5 Å². The Labute approximate surface area is 197 Å². The summed E-state index contributed by atoms with van der Waals surface area (Å²) in [4.78, 5) is 29.2. The predicted molar refractivity (Wildman–Crippen MR) is 128 cm³/mol. The highest BCUT2D eigenvalue weighted by Crippen LogP contribution is 2.27. The van der Waals surface area contributed by atoms with Gasteiger partial charge in [0.25, 0.3) is 5.91 Å². The molecule has 3 aromatic rings. The van der Waals surface area contributed by atoms with Crippen molar-refractivity contribution in [1.82, 2.24) is 4.90 Å². The second-order valence-electron chi connectivity index (χ2n) is 7.91. The molecule has 7 nitrogen and oxygen atoms in total. The first-order valence-corrected chi connectivity index (χ1v) is 10.9. The lowest BCUT2D eigenvalue weighted by Gasteiger charge is -2.36. The number of anilines is 2. The number of ether oxygens (including phenoxy) is 2. The second-order valence-corrected chi connectivity index (χ2v) is 7.91. The van der Waals surface area contributed by atoms with E-state index in [4.69, 9.17) is 9.47 Å². The zero-order valence-corrected chi connectivity index (χ0v) is 19.1. The van der Waals surface area contributed by atoms with Gasteiger partial charge in [-0.15, -0.1) is 0 Å². The van der Waals surface area contributed by atoms with Crippen molar-refractivity contribution in [3.05, 3.63) is 83.7 Å². The fourth-order valence-corrected chi connectivity index (χ4v) is 3.94. The van der Waals surface area contributed by atoms with Crippen molar-refractivity contribution in [3.63, 3.8) is 0 Å². The molecule has 0 saturated carbocycles. The summed E-state index contributed by atoms with van der Waals surface area (Å²) in [5.41, 5.74) is 2.00. The Balaban J connectivity index is 1.50. The molecule has 1 aliphatic rings. The van der Waals surface area contributed by atoms with Crippen LogP contribution >= 0.6 is 0 Å². The van der Waals surface area contributed by atoms with E-state index in [1.165, 1.54) is 18.2 Å². The summed E-state index contributed by atoms with van der Waals surface area (Å²) in [5.74, 6) is 0.184. The molecule has 1 fully saturated rings. The van der Waals surface area contributed by atoms with Crippen LogP contribution in [0.5, 0.6) is 11.5 Å². The van der Waals surface area contributed by atoms with E-state index in [1.54, 1.807) is 54.4 Å². The number of benzene rings is 3. The standard InChI is InChI=1S/C26H26FN3O4/c1-33-21-13-18(14-22(16-21)34-2)17-29-11-6-12-30(26(29)32)20-8-5-7-19(15-20)28-25(31)23-9-3-4-10-24(23)27/h3-5,7-10,13-16H,6,11-12,17H2,1-2H3,(H,28,31). The van der Waals surface area contributed by atoms with Crippen LogP contribution < -0.4 is 19.7 Å². The lowest BCUT2D eigenvalue weighted by atomic mass is 10.1. The minimum absolute atomic E-state index is 0.0400. The molecule has 0 spiro atoms. The van der Waals surface area contributed by atoms with Gasteiger partial charge in [-0.1, -0.05) is 18.2 Å². The SMILES string of the molecule is COc1cc(CN2CCCN(c3cccc(NC(=O)c4ccccc4F)c3)C2=O)cc(OC)c1. The minimum Gasteiger partial charge on any atom is -0.497 e. The topological polar surface area (TPSA) is 71.1 Å². The summed E-state index contributed by atoms with van der Waals surface area (Å²) in [6.07, 6.45) is 0.790. The normalized spacial score (nSPS) is 13.6. The van der Waals surface area contributed by atoms with Crippen molar-refractivity contribution in [2.45, 2.75) is 13.0 Å². The number of urea groups is 1. The maximum absolute atomic E-state index is 13.9. The molecule has 0 aliphatic carbocycles. The molecular weight excluding hydrogens is 437 g/mol. The third-order valence-electron chi connectivity index (χ3n) is 5.63. The number of carbonyl (C=O) groups excluding carboxylic acids is 2. The molecule has 0 unspecified atom stereocenters. The van der Waals surface area contributed by atoms with Crippen molar-refractivity contribution in [2.24, 2.45) is 0 Å². The quantitative estimate of drug-likeness (QED) is 0.540. The zero-order chi connectivity index (χ0) is 24.1. The van der Waals surface area contributed by atoms with Crippen LogP contribution in [0.2, 0.25) is 0 Å². The number of amides is 3. The molecule has 3 aromatic carbocycles. The number of hydrogen-bond donors (Lipinski definition) is 1. The number of halogens is 1. The molecule has 4 rings (SSSR count). The zero-order valence-electron chi connectivity index (χ0n) is 19.1. The van der Waals surface area contributed by atoms with Crippen LogP contribution in [0.25, 0.3) is 0 Å². The number of rotatable bonds is 7. The van der Waals surface area contributed by atoms with Crippen LogP contribution in [0.3, 0.4) is 0 Å². The van der Waals surface area contributed by atoms with Gasteiger partial charge in [0.15, 0.2) is 0 Å². The Morgan fingerprint density at radius 1 is 0.971 bits per heavy atom. The number of nitrogens with one attached hydrogen (secondary N) is 1. The Hall–Kier alpha value is -4.07. The summed E-state index contributed by atoms with van der Waals surface area (Å²) in [6.45, 7) is 1.59. The molecule has 34 heavy (non-hydrogen) atoms. The van der Waals surface area contributed by atoms with E-state index in [9.17, 15) is 14.0 Å². The third-order valence-corrected chi connectivity index (χ3v) is 5.63. The first kappa shape index (κ1) is 23.1.